The van der Waals surface area contributed by atoms with Crippen LogP contribution in [-0.4, -0.2) is 32.7 Å². The van der Waals surface area contributed by atoms with Crippen molar-refractivity contribution in [3.63, 3.8) is 0 Å². The fraction of sp³-hybridized carbons (Fsp3) is 0.500. The van der Waals surface area contributed by atoms with E-state index in [9.17, 15) is 4.79 Å². The first-order chi connectivity index (χ1) is 17.2. The summed E-state index contributed by atoms with van der Waals surface area (Å²) in [7, 11) is 0. The standard InChI is InChI=1S/C28H35N5O2/c1-21-10-12-22(13-11-21)20-32-26-16-15-25(19-23(26)14-17-28(32)34)35-18-6-5-9-27-29-30-31-33(27)24-7-3-2-4-8-24/h10-13,15-16,19,24H,2-9,14,17-18,20H2,1H3. The summed E-state index contributed by atoms with van der Waals surface area (Å²) < 4.78 is 8.13. The summed E-state index contributed by atoms with van der Waals surface area (Å²) in [4.78, 5) is 14.6. The zero-order chi connectivity index (χ0) is 24.0. The van der Waals surface area contributed by atoms with Crippen molar-refractivity contribution in [2.75, 3.05) is 11.5 Å². The molecular formula is C28H35N5O2. The van der Waals surface area contributed by atoms with E-state index in [2.05, 4.69) is 57.5 Å². The van der Waals surface area contributed by atoms with Crippen molar-refractivity contribution in [2.45, 2.75) is 83.7 Å². The summed E-state index contributed by atoms with van der Waals surface area (Å²) in [5.41, 5.74) is 4.56. The summed E-state index contributed by atoms with van der Waals surface area (Å²) >= 11 is 0. The lowest BCUT2D eigenvalue weighted by atomic mass is 9.95. The van der Waals surface area contributed by atoms with E-state index >= 15 is 0 Å². The average Bonchev–Trinajstić information content (AvgIpc) is 3.36. The monoisotopic (exact) mass is 473 g/mol. The molecule has 1 aliphatic heterocycles. The molecule has 2 heterocycles. The Hall–Kier alpha value is -3.22. The molecule has 0 saturated heterocycles. The van der Waals surface area contributed by atoms with Gasteiger partial charge >= 0.3 is 0 Å². The van der Waals surface area contributed by atoms with Crippen molar-refractivity contribution in [3.05, 3.63) is 65.0 Å². The highest BCUT2D eigenvalue weighted by Crippen LogP contribution is 2.32. The first-order valence-corrected chi connectivity index (χ1v) is 13.1. The highest BCUT2D eigenvalue weighted by Gasteiger charge is 2.25. The zero-order valence-corrected chi connectivity index (χ0v) is 20.7. The van der Waals surface area contributed by atoms with Crippen molar-refractivity contribution < 1.29 is 9.53 Å². The normalized spacial score (nSPS) is 16.4. The Kier molecular flexibility index (Phi) is 7.40. The minimum Gasteiger partial charge on any atom is -0.494 e. The predicted molar refractivity (Wildman–Crippen MR) is 136 cm³/mol. The van der Waals surface area contributed by atoms with Gasteiger partial charge in [-0.15, -0.1) is 5.10 Å². The predicted octanol–water partition coefficient (Wildman–Crippen LogP) is 5.37. The number of aryl methyl sites for hydroxylation is 3. The van der Waals surface area contributed by atoms with Crippen molar-refractivity contribution in [2.24, 2.45) is 0 Å². The first-order valence-electron chi connectivity index (χ1n) is 13.1. The molecule has 0 unspecified atom stereocenters. The van der Waals surface area contributed by atoms with Gasteiger partial charge in [0.1, 0.15) is 5.75 Å². The second-order valence-electron chi connectivity index (χ2n) is 9.89. The molecule has 7 heteroatoms. The lowest BCUT2D eigenvalue weighted by molar-refractivity contribution is -0.119. The fourth-order valence-electron chi connectivity index (χ4n) is 5.24. The van der Waals surface area contributed by atoms with Crippen LogP contribution in [0.3, 0.4) is 0 Å². The van der Waals surface area contributed by atoms with E-state index in [1.807, 2.05) is 17.0 Å². The molecule has 2 aromatic carbocycles. The number of hydrogen-bond acceptors (Lipinski definition) is 5. The average molecular weight is 474 g/mol. The molecule has 0 bridgehead atoms. The number of nitrogens with zero attached hydrogens (tertiary/aromatic N) is 5. The second-order valence-corrected chi connectivity index (χ2v) is 9.89. The van der Waals surface area contributed by atoms with E-state index in [1.54, 1.807) is 0 Å². The molecule has 5 rings (SSSR count). The maximum Gasteiger partial charge on any atom is 0.227 e. The number of fused-ring (bicyclic) bond motifs is 1. The highest BCUT2D eigenvalue weighted by atomic mass is 16.5. The fourth-order valence-corrected chi connectivity index (χ4v) is 5.24. The number of ether oxygens (including phenoxy) is 1. The summed E-state index contributed by atoms with van der Waals surface area (Å²) in [6, 6.07) is 15.0. The molecule has 0 radical (unpaired) electrons. The molecule has 3 aromatic rings. The second kappa shape index (κ2) is 11.0. The lowest BCUT2D eigenvalue weighted by Gasteiger charge is -2.30. The van der Waals surface area contributed by atoms with Crippen molar-refractivity contribution in [1.29, 1.82) is 0 Å². The Morgan fingerprint density at radius 2 is 1.83 bits per heavy atom. The molecular weight excluding hydrogens is 438 g/mol. The number of unbranched alkanes of at least 4 members (excludes halogenated alkanes) is 1. The third-order valence-corrected chi connectivity index (χ3v) is 7.26. The molecule has 1 aliphatic carbocycles. The molecule has 1 fully saturated rings. The Labute approximate surface area is 207 Å². The summed E-state index contributed by atoms with van der Waals surface area (Å²) in [6.45, 7) is 3.34. The third-order valence-electron chi connectivity index (χ3n) is 7.26. The Morgan fingerprint density at radius 3 is 2.66 bits per heavy atom. The SMILES string of the molecule is Cc1ccc(CN2C(=O)CCc3cc(OCCCCc4nnnn4C4CCCCC4)ccc32)cc1. The van der Waals surface area contributed by atoms with Crippen LogP contribution in [-0.2, 0) is 24.2 Å². The van der Waals surface area contributed by atoms with Crippen molar-refractivity contribution >= 4 is 11.6 Å². The zero-order valence-electron chi connectivity index (χ0n) is 20.7. The van der Waals surface area contributed by atoms with Crippen LogP contribution in [0, 0.1) is 6.92 Å². The number of benzene rings is 2. The number of hydrogen-bond donors (Lipinski definition) is 0. The molecule has 35 heavy (non-hydrogen) atoms. The van der Waals surface area contributed by atoms with Gasteiger partial charge in [0.2, 0.25) is 5.91 Å². The highest BCUT2D eigenvalue weighted by molar-refractivity contribution is 5.96. The Bertz CT molecular complexity index is 1130. The van der Waals surface area contributed by atoms with Crippen LogP contribution in [0.15, 0.2) is 42.5 Å². The minimum absolute atomic E-state index is 0.183. The van der Waals surface area contributed by atoms with Gasteiger partial charge in [-0.2, -0.15) is 0 Å². The number of anilines is 1. The van der Waals surface area contributed by atoms with Crippen LogP contribution < -0.4 is 9.64 Å². The van der Waals surface area contributed by atoms with Gasteiger partial charge in [0, 0.05) is 18.5 Å². The van der Waals surface area contributed by atoms with E-state index < -0.39 is 0 Å². The number of rotatable bonds is 9. The van der Waals surface area contributed by atoms with E-state index in [-0.39, 0.29) is 5.91 Å². The van der Waals surface area contributed by atoms with Crippen LogP contribution in [0.4, 0.5) is 5.69 Å². The number of tetrazole rings is 1. The van der Waals surface area contributed by atoms with Crippen LogP contribution >= 0.6 is 0 Å². The van der Waals surface area contributed by atoms with Crippen LogP contribution in [0.5, 0.6) is 5.75 Å². The largest absolute Gasteiger partial charge is 0.494 e. The molecule has 0 N–H and O–H groups in total. The van der Waals surface area contributed by atoms with Crippen LogP contribution in [0.2, 0.25) is 0 Å². The molecule has 184 valence electrons. The van der Waals surface area contributed by atoms with E-state index in [0.29, 0.717) is 25.6 Å². The molecule has 0 spiro atoms. The summed E-state index contributed by atoms with van der Waals surface area (Å²) in [5.74, 6) is 2.06. The number of carbonyl (C=O) groups is 1. The summed E-state index contributed by atoms with van der Waals surface area (Å²) in [6.07, 6.45) is 10.4. The smallest absolute Gasteiger partial charge is 0.227 e. The van der Waals surface area contributed by atoms with Crippen molar-refractivity contribution in [3.8, 4) is 5.75 Å². The first kappa shape index (κ1) is 23.5. The van der Waals surface area contributed by atoms with Crippen LogP contribution in [0.25, 0.3) is 0 Å². The van der Waals surface area contributed by atoms with Gasteiger partial charge in [-0.3, -0.25) is 4.79 Å². The lowest BCUT2D eigenvalue weighted by Crippen LogP contribution is -2.34. The Morgan fingerprint density at radius 1 is 1.00 bits per heavy atom. The topological polar surface area (TPSA) is 73.1 Å². The van der Waals surface area contributed by atoms with Gasteiger partial charge in [-0.1, -0.05) is 49.1 Å². The molecule has 1 amide bonds. The van der Waals surface area contributed by atoms with E-state index in [4.69, 9.17) is 4.74 Å². The van der Waals surface area contributed by atoms with Gasteiger partial charge < -0.3 is 9.64 Å². The van der Waals surface area contributed by atoms with Gasteiger partial charge in [0.25, 0.3) is 0 Å². The van der Waals surface area contributed by atoms with Gasteiger partial charge in [0.05, 0.1) is 19.2 Å². The summed E-state index contributed by atoms with van der Waals surface area (Å²) in [5, 5.41) is 12.5. The van der Waals surface area contributed by atoms with Gasteiger partial charge in [0.15, 0.2) is 5.82 Å². The maximum atomic E-state index is 12.7. The number of amides is 1. The minimum atomic E-state index is 0.183. The molecule has 2 aliphatic rings. The molecule has 0 atom stereocenters. The maximum absolute atomic E-state index is 12.7. The number of carbonyl (C=O) groups excluding carboxylic acids is 1. The van der Waals surface area contributed by atoms with Gasteiger partial charge in [-0.25, -0.2) is 4.68 Å². The molecule has 1 saturated carbocycles. The van der Waals surface area contributed by atoms with Crippen LogP contribution in [0.1, 0.15) is 79.9 Å². The van der Waals surface area contributed by atoms with Crippen molar-refractivity contribution in [1.82, 2.24) is 20.2 Å². The van der Waals surface area contributed by atoms with E-state index in [0.717, 1.165) is 48.5 Å². The Balaban J connectivity index is 1.13. The quantitative estimate of drug-likeness (QED) is 0.391. The van der Waals surface area contributed by atoms with E-state index in [1.165, 1.54) is 43.2 Å². The van der Waals surface area contributed by atoms with Gasteiger partial charge in [-0.05, 0) is 78.8 Å². The molecule has 1 aromatic heterocycles. The third kappa shape index (κ3) is 5.72. The molecule has 7 nitrogen and oxygen atoms in total. The number of aromatic nitrogens is 4.